The van der Waals surface area contributed by atoms with E-state index in [4.69, 9.17) is 5.11 Å². The Bertz CT molecular complexity index is 1050. The summed E-state index contributed by atoms with van der Waals surface area (Å²) in [4.78, 5) is 34.2. The van der Waals surface area contributed by atoms with Crippen LogP contribution in [0, 0.1) is 0 Å². The summed E-state index contributed by atoms with van der Waals surface area (Å²) in [5, 5.41) is 11.8. The number of carbonyl (C=O) groups is 2. The maximum Gasteiger partial charge on any atom is 0.451 e. The van der Waals surface area contributed by atoms with Crippen molar-refractivity contribution in [3.63, 3.8) is 0 Å². The molecule has 7 nitrogen and oxygen atoms in total. The van der Waals surface area contributed by atoms with Gasteiger partial charge in [0.15, 0.2) is 0 Å². The highest BCUT2D eigenvalue weighted by molar-refractivity contribution is 6.04. The number of amides is 1. The number of pyridine rings is 1. The van der Waals surface area contributed by atoms with Crippen LogP contribution < -0.4 is 5.32 Å². The lowest BCUT2D eigenvalue weighted by Crippen LogP contribution is -2.25. The third-order valence-electron chi connectivity index (χ3n) is 3.88. The Morgan fingerprint density at radius 2 is 1.66 bits per heavy atom. The number of hydrogen-bond donors (Lipinski definition) is 2. The lowest BCUT2D eigenvalue weighted by atomic mass is 10.1. The van der Waals surface area contributed by atoms with E-state index in [1.807, 2.05) is 0 Å². The van der Waals surface area contributed by atoms with E-state index in [-0.39, 0.29) is 23.2 Å². The maximum atomic E-state index is 12.6. The zero-order valence-electron chi connectivity index (χ0n) is 14.6. The Morgan fingerprint density at radius 3 is 2.28 bits per heavy atom. The minimum absolute atomic E-state index is 0.0189. The SMILES string of the molecule is O=C(O)c1ccccc1C(=O)NCc1ccnc(-c2cnc(C(F)(F)F)nc2)c1. The topological polar surface area (TPSA) is 105 Å². The van der Waals surface area contributed by atoms with Gasteiger partial charge in [0.1, 0.15) is 0 Å². The molecule has 0 aliphatic carbocycles. The molecule has 2 N–H and O–H groups in total. The van der Waals surface area contributed by atoms with E-state index in [0.29, 0.717) is 11.3 Å². The predicted octanol–water partition coefficient (Wildman–Crippen LogP) is 3.19. The van der Waals surface area contributed by atoms with Crippen LogP contribution in [0.25, 0.3) is 11.3 Å². The molecule has 3 rings (SSSR count). The van der Waals surface area contributed by atoms with Crippen LogP contribution in [-0.2, 0) is 12.7 Å². The van der Waals surface area contributed by atoms with Gasteiger partial charge in [-0.2, -0.15) is 13.2 Å². The van der Waals surface area contributed by atoms with Crippen molar-refractivity contribution in [2.45, 2.75) is 12.7 Å². The van der Waals surface area contributed by atoms with Gasteiger partial charge in [0.2, 0.25) is 5.82 Å². The summed E-state index contributed by atoms with van der Waals surface area (Å²) in [5.74, 6) is -3.04. The Morgan fingerprint density at radius 1 is 1.00 bits per heavy atom. The number of rotatable bonds is 5. The van der Waals surface area contributed by atoms with E-state index in [1.54, 1.807) is 18.2 Å². The third-order valence-corrected chi connectivity index (χ3v) is 3.88. The normalized spacial score (nSPS) is 11.1. The second-order valence-corrected chi connectivity index (χ2v) is 5.88. The standard InChI is InChI=1S/C19H13F3N4O3/c20-19(21,22)18-25-9-12(10-26-18)15-7-11(5-6-23-15)8-24-16(27)13-3-1-2-4-14(13)17(28)29/h1-7,9-10H,8H2,(H,24,27)(H,28,29). The second-order valence-electron chi connectivity index (χ2n) is 5.88. The fourth-order valence-corrected chi connectivity index (χ4v) is 2.49. The lowest BCUT2D eigenvalue weighted by molar-refractivity contribution is -0.145. The highest BCUT2D eigenvalue weighted by Gasteiger charge is 2.34. The van der Waals surface area contributed by atoms with Gasteiger partial charge in [0.25, 0.3) is 5.91 Å². The Hall–Kier alpha value is -3.82. The van der Waals surface area contributed by atoms with Crippen molar-refractivity contribution >= 4 is 11.9 Å². The van der Waals surface area contributed by atoms with E-state index in [2.05, 4.69) is 20.3 Å². The average molecular weight is 402 g/mol. The van der Waals surface area contributed by atoms with Gasteiger partial charge >= 0.3 is 12.1 Å². The number of alkyl halides is 3. The highest BCUT2D eigenvalue weighted by atomic mass is 19.4. The predicted molar refractivity (Wildman–Crippen MR) is 94.8 cm³/mol. The Kier molecular flexibility index (Phi) is 5.53. The molecule has 0 spiro atoms. The monoisotopic (exact) mass is 402 g/mol. The van der Waals surface area contributed by atoms with E-state index in [9.17, 15) is 22.8 Å². The van der Waals surface area contributed by atoms with Crippen LogP contribution in [0.15, 0.2) is 55.0 Å². The molecule has 0 radical (unpaired) electrons. The zero-order chi connectivity index (χ0) is 21.0. The summed E-state index contributed by atoms with van der Waals surface area (Å²) < 4.78 is 37.7. The van der Waals surface area contributed by atoms with Crippen molar-refractivity contribution < 1.29 is 27.9 Å². The first-order chi connectivity index (χ1) is 13.8. The largest absolute Gasteiger partial charge is 0.478 e. The lowest BCUT2D eigenvalue weighted by Gasteiger charge is -2.09. The smallest absolute Gasteiger partial charge is 0.451 e. The number of nitrogens with zero attached hydrogens (tertiary/aromatic N) is 3. The van der Waals surface area contributed by atoms with Crippen LogP contribution in [0.3, 0.4) is 0 Å². The van der Waals surface area contributed by atoms with Crippen LogP contribution in [0.4, 0.5) is 13.2 Å². The first-order valence-electron chi connectivity index (χ1n) is 8.21. The van der Waals surface area contributed by atoms with Gasteiger partial charge in [-0.3, -0.25) is 9.78 Å². The molecule has 0 atom stereocenters. The number of hydrogen-bond acceptors (Lipinski definition) is 5. The number of benzene rings is 1. The fraction of sp³-hybridized carbons (Fsp3) is 0.105. The number of carboxylic acid groups (broad SMARTS) is 1. The zero-order valence-corrected chi connectivity index (χ0v) is 14.6. The molecule has 0 bridgehead atoms. The Balaban J connectivity index is 1.74. The van der Waals surface area contributed by atoms with E-state index < -0.39 is 23.9 Å². The number of nitrogens with one attached hydrogen (secondary N) is 1. The molecule has 2 aromatic heterocycles. The summed E-state index contributed by atoms with van der Waals surface area (Å²) in [6.45, 7) is 0.0593. The molecule has 3 aromatic rings. The number of halogens is 3. The molecule has 0 aliphatic heterocycles. The van der Waals surface area contributed by atoms with Gasteiger partial charge in [0, 0.05) is 30.7 Å². The van der Waals surface area contributed by atoms with Gasteiger partial charge in [-0.25, -0.2) is 14.8 Å². The molecule has 0 saturated heterocycles. The summed E-state index contributed by atoms with van der Waals surface area (Å²) in [6, 6.07) is 8.97. The van der Waals surface area contributed by atoms with Crippen molar-refractivity contribution in [1.29, 1.82) is 0 Å². The van der Waals surface area contributed by atoms with Crippen molar-refractivity contribution in [3.05, 3.63) is 77.5 Å². The molecule has 148 valence electrons. The van der Waals surface area contributed by atoms with Gasteiger partial charge in [-0.15, -0.1) is 0 Å². The molecule has 0 saturated carbocycles. The molecule has 10 heteroatoms. The van der Waals surface area contributed by atoms with Gasteiger partial charge in [0.05, 0.1) is 16.8 Å². The number of aromatic nitrogens is 3. The molecule has 0 aliphatic rings. The van der Waals surface area contributed by atoms with Crippen LogP contribution in [-0.4, -0.2) is 31.9 Å². The molecule has 1 aromatic carbocycles. The minimum Gasteiger partial charge on any atom is -0.478 e. The van der Waals surface area contributed by atoms with Gasteiger partial charge < -0.3 is 10.4 Å². The van der Waals surface area contributed by atoms with Crippen molar-refractivity contribution in [3.8, 4) is 11.3 Å². The van der Waals surface area contributed by atoms with Gasteiger partial charge in [-0.1, -0.05) is 12.1 Å². The average Bonchev–Trinajstić information content (AvgIpc) is 2.71. The number of carbonyl (C=O) groups excluding carboxylic acids is 1. The third kappa shape index (κ3) is 4.72. The minimum atomic E-state index is -4.63. The second kappa shape index (κ2) is 8.05. The van der Waals surface area contributed by atoms with Gasteiger partial charge in [-0.05, 0) is 29.8 Å². The molecular weight excluding hydrogens is 389 g/mol. The van der Waals surface area contributed by atoms with Crippen molar-refractivity contribution in [2.75, 3.05) is 0 Å². The molecule has 2 heterocycles. The quantitative estimate of drug-likeness (QED) is 0.679. The molecule has 29 heavy (non-hydrogen) atoms. The van der Waals surface area contributed by atoms with Crippen molar-refractivity contribution in [1.82, 2.24) is 20.3 Å². The highest BCUT2D eigenvalue weighted by Crippen LogP contribution is 2.26. The van der Waals surface area contributed by atoms with Crippen LogP contribution in [0.5, 0.6) is 0 Å². The fourth-order valence-electron chi connectivity index (χ4n) is 2.49. The van der Waals surface area contributed by atoms with E-state index >= 15 is 0 Å². The van der Waals surface area contributed by atoms with Crippen molar-refractivity contribution in [2.24, 2.45) is 0 Å². The molecule has 1 amide bonds. The first-order valence-corrected chi connectivity index (χ1v) is 8.21. The summed E-state index contributed by atoms with van der Waals surface area (Å²) in [6.07, 6.45) is -1.17. The van der Waals surface area contributed by atoms with Crippen LogP contribution in [0.1, 0.15) is 32.1 Å². The summed E-state index contributed by atoms with van der Waals surface area (Å²) >= 11 is 0. The molecule has 0 fully saturated rings. The number of carboxylic acids is 1. The maximum absolute atomic E-state index is 12.6. The van der Waals surface area contributed by atoms with E-state index in [1.165, 1.54) is 24.4 Å². The summed E-state index contributed by atoms with van der Waals surface area (Å²) in [5.41, 5.74) is 1.11. The summed E-state index contributed by atoms with van der Waals surface area (Å²) in [7, 11) is 0. The number of aromatic carboxylic acids is 1. The van der Waals surface area contributed by atoms with E-state index in [0.717, 1.165) is 12.4 Å². The Labute approximate surface area is 162 Å². The van der Waals surface area contributed by atoms with Crippen LogP contribution in [0.2, 0.25) is 0 Å². The first kappa shape index (κ1) is 19.9. The van der Waals surface area contributed by atoms with Crippen LogP contribution >= 0.6 is 0 Å². The molecule has 0 unspecified atom stereocenters. The molecular formula is C19H13F3N4O3.